The van der Waals surface area contributed by atoms with Gasteiger partial charge in [0.15, 0.2) is 11.1 Å². The molecule has 0 heterocycles. The molecule has 0 aromatic heterocycles. The number of alkyl halides is 2. The van der Waals surface area contributed by atoms with Crippen LogP contribution < -0.4 is 0 Å². The molecule has 0 spiro atoms. The maximum absolute atomic E-state index is 12.0. The third-order valence-corrected chi connectivity index (χ3v) is 4.01. The van der Waals surface area contributed by atoms with E-state index in [1.807, 2.05) is 13.8 Å². The Balaban J connectivity index is 2.55. The third kappa shape index (κ3) is 7.54. The number of hydrogen-bond donors (Lipinski definition) is 0. The van der Waals surface area contributed by atoms with Gasteiger partial charge in [-0.25, -0.2) is 9.59 Å². The molecule has 2 atom stereocenters. The zero-order valence-electron chi connectivity index (χ0n) is 14.1. The van der Waals surface area contributed by atoms with Gasteiger partial charge in [0.2, 0.25) is 0 Å². The average molecular weight is 375 g/mol. The number of ether oxygens (including phenoxy) is 2. The van der Waals surface area contributed by atoms with Crippen LogP contribution in [0.1, 0.15) is 73.1 Å². The number of unbranched alkanes of at least 4 members (excludes halogenated alkanes) is 2. The predicted octanol–water partition coefficient (Wildman–Crippen LogP) is 5.51. The molecule has 4 nitrogen and oxygen atoms in total. The summed E-state index contributed by atoms with van der Waals surface area (Å²) in [5.74, 6) is -1.02. The van der Waals surface area contributed by atoms with Crippen molar-refractivity contribution in [2.45, 2.75) is 63.5 Å². The van der Waals surface area contributed by atoms with E-state index in [4.69, 9.17) is 32.7 Å². The molecule has 1 rings (SSSR count). The van der Waals surface area contributed by atoms with Gasteiger partial charge in [-0.1, -0.05) is 49.9 Å². The van der Waals surface area contributed by atoms with E-state index in [1.54, 1.807) is 0 Å². The summed E-state index contributed by atoms with van der Waals surface area (Å²) < 4.78 is 10.3. The standard InChI is InChI=1S/C18H24Cl2O4/c1-3-5-7-15(19)23-17(21)13-9-11-14(12-10-13)18(22)24-16(20)8-6-4-2/h9-12,15-16H,3-8H2,1-2H3. The van der Waals surface area contributed by atoms with E-state index in [9.17, 15) is 9.59 Å². The molecule has 1 aromatic carbocycles. The fourth-order valence-corrected chi connectivity index (χ4v) is 2.43. The minimum atomic E-state index is -0.641. The van der Waals surface area contributed by atoms with Crippen LogP contribution >= 0.6 is 23.2 Å². The van der Waals surface area contributed by atoms with Crippen molar-refractivity contribution in [3.63, 3.8) is 0 Å². The first-order valence-electron chi connectivity index (χ1n) is 8.28. The summed E-state index contributed by atoms with van der Waals surface area (Å²) in [4.78, 5) is 23.9. The summed E-state index contributed by atoms with van der Waals surface area (Å²) in [6.07, 6.45) is 4.98. The van der Waals surface area contributed by atoms with Gasteiger partial charge in [0, 0.05) is 0 Å². The van der Waals surface area contributed by atoms with Gasteiger partial charge in [-0.15, -0.1) is 0 Å². The summed E-state index contributed by atoms with van der Waals surface area (Å²) in [6, 6.07) is 6.05. The van der Waals surface area contributed by atoms with Crippen molar-refractivity contribution in [1.29, 1.82) is 0 Å². The van der Waals surface area contributed by atoms with Crippen molar-refractivity contribution in [1.82, 2.24) is 0 Å². The fourth-order valence-electron chi connectivity index (χ4n) is 1.96. The van der Waals surface area contributed by atoms with Crippen LogP contribution in [0.25, 0.3) is 0 Å². The monoisotopic (exact) mass is 374 g/mol. The Morgan fingerprint density at radius 1 is 0.833 bits per heavy atom. The van der Waals surface area contributed by atoms with Crippen LogP contribution in [0.3, 0.4) is 0 Å². The van der Waals surface area contributed by atoms with E-state index in [0.717, 1.165) is 25.7 Å². The highest BCUT2D eigenvalue weighted by Crippen LogP contribution is 2.15. The molecule has 1 aromatic rings. The van der Waals surface area contributed by atoms with Gasteiger partial charge in [-0.2, -0.15) is 0 Å². The molecule has 0 fully saturated rings. The molecule has 0 aliphatic heterocycles. The molecule has 134 valence electrons. The van der Waals surface area contributed by atoms with Crippen molar-refractivity contribution in [2.24, 2.45) is 0 Å². The summed E-state index contributed by atoms with van der Waals surface area (Å²) >= 11 is 11.9. The lowest BCUT2D eigenvalue weighted by Gasteiger charge is -2.12. The first kappa shape index (κ1) is 20.8. The highest BCUT2D eigenvalue weighted by atomic mass is 35.5. The second kappa shape index (κ2) is 11.3. The Hall–Kier alpha value is -1.26. The van der Waals surface area contributed by atoms with Gasteiger partial charge in [0.1, 0.15) is 0 Å². The molecule has 2 unspecified atom stereocenters. The highest BCUT2D eigenvalue weighted by Gasteiger charge is 2.16. The summed E-state index contributed by atoms with van der Waals surface area (Å²) in [5, 5.41) is 0. The number of carbonyl (C=O) groups excluding carboxylic acids is 2. The highest BCUT2D eigenvalue weighted by molar-refractivity contribution is 6.20. The molecule has 0 saturated heterocycles. The van der Waals surface area contributed by atoms with Gasteiger partial charge in [0.25, 0.3) is 0 Å². The van der Waals surface area contributed by atoms with Crippen molar-refractivity contribution in [2.75, 3.05) is 0 Å². The Kier molecular flexibility index (Phi) is 9.80. The minimum absolute atomic E-state index is 0.335. The van der Waals surface area contributed by atoms with Gasteiger partial charge >= 0.3 is 11.9 Å². The van der Waals surface area contributed by atoms with Crippen LogP contribution in [0.15, 0.2) is 24.3 Å². The predicted molar refractivity (Wildman–Crippen MR) is 95.6 cm³/mol. The average Bonchev–Trinajstić information content (AvgIpc) is 2.58. The van der Waals surface area contributed by atoms with Crippen molar-refractivity contribution < 1.29 is 19.1 Å². The second-order valence-corrected chi connectivity index (χ2v) is 6.47. The van der Waals surface area contributed by atoms with E-state index < -0.39 is 23.1 Å². The van der Waals surface area contributed by atoms with Crippen molar-refractivity contribution in [3.8, 4) is 0 Å². The normalized spacial score (nSPS) is 13.2. The topological polar surface area (TPSA) is 52.6 Å². The summed E-state index contributed by atoms with van der Waals surface area (Å²) in [5.41, 5.74) is -0.612. The maximum Gasteiger partial charge on any atom is 0.339 e. The van der Waals surface area contributed by atoms with E-state index in [-0.39, 0.29) is 0 Å². The van der Waals surface area contributed by atoms with Gasteiger partial charge in [0.05, 0.1) is 11.1 Å². The van der Waals surface area contributed by atoms with Gasteiger partial charge < -0.3 is 9.47 Å². The minimum Gasteiger partial charge on any atom is -0.442 e. The Labute approximate surface area is 153 Å². The molecule has 6 heteroatoms. The van der Waals surface area contributed by atoms with Crippen LogP contribution in [-0.2, 0) is 9.47 Å². The number of rotatable bonds is 10. The lowest BCUT2D eigenvalue weighted by atomic mass is 10.1. The Morgan fingerprint density at radius 3 is 1.46 bits per heavy atom. The van der Waals surface area contributed by atoms with Crippen LogP contribution in [0.4, 0.5) is 0 Å². The number of carbonyl (C=O) groups is 2. The lowest BCUT2D eigenvalue weighted by molar-refractivity contribution is 0.0419. The van der Waals surface area contributed by atoms with E-state index in [1.165, 1.54) is 24.3 Å². The Bertz CT molecular complexity index is 469. The SMILES string of the molecule is CCCCC(Cl)OC(=O)c1ccc(C(=O)OC(Cl)CCCC)cc1. The quantitative estimate of drug-likeness (QED) is 0.400. The third-order valence-electron chi connectivity index (χ3n) is 3.40. The zero-order valence-corrected chi connectivity index (χ0v) is 15.6. The fraction of sp³-hybridized carbons (Fsp3) is 0.556. The van der Waals surface area contributed by atoms with Crippen LogP contribution in [-0.4, -0.2) is 23.1 Å². The largest absolute Gasteiger partial charge is 0.442 e. The van der Waals surface area contributed by atoms with Gasteiger partial charge in [-0.3, -0.25) is 0 Å². The Morgan fingerprint density at radius 2 is 1.17 bits per heavy atom. The molecule has 0 aliphatic carbocycles. The lowest BCUT2D eigenvalue weighted by Crippen LogP contribution is -2.14. The summed E-state index contributed by atoms with van der Waals surface area (Å²) in [7, 11) is 0. The molecular weight excluding hydrogens is 351 g/mol. The maximum atomic E-state index is 12.0. The molecule has 0 aliphatic rings. The number of benzene rings is 1. The number of hydrogen-bond acceptors (Lipinski definition) is 4. The number of esters is 2. The van der Waals surface area contributed by atoms with Gasteiger partial charge in [-0.05, 0) is 49.9 Å². The van der Waals surface area contributed by atoms with E-state index in [0.29, 0.717) is 24.0 Å². The van der Waals surface area contributed by atoms with E-state index in [2.05, 4.69) is 0 Å². The summed E-state index contributed by atoms with van der Waals surface area (Å²) in [6.45, 7) is 4.08. The first-order valence-corrected chi connectivity index (χ1v) is 9.15. The molecule has 0 N–H and O–H groups in total. The van der Waals surface area contributed by atoms with Crippen LogP contribution in [0.2, 0.25) is 0 Å². The van der Waals surface area contributed by atoms with E-state index >= 15 is 0 Å². The zero-order chi connectivity index (χ0) is 17.9. The number of halogens is 2. The second-order valence-electron chi connectivity index (χ2n) is 5.49. The van der Waals surface area contributed by atoms with Crippen LogP contribution in [0.5, 0.6) is 0 Å². The molecular formula is C18H24Cl2O4. The smallest absolute Gasteiger partial charge is 0.339 e. The molecule has 0 radical (unpaired) electrons. The molecule has 0 bridgehead atoms. The molecule has 24 heavy (non-hydrogen) atoms. The molecule has 0 amide bonds. The first-order chi connectivity index (χ1) is 11.5. The van der Waals surface area contributed by atoms with Crippen LogP contribution in [0, 0.1) is 0 Å². The van der Waals surface area contributed by atoms with Crippen molar-refractivity contribution in [3.05, 3.63) is 35.4 Å². The van der Waals surface area contributed by atoms with Crippen molar-refractivity contribution >= 4 is 35.1 Å². The molecule has 0 saturated carbocycles.